The summed E-state index contributed by atoms with van der Waals surface area (Å²) < 4.78 is 33.7. The second-order valence-electron chi connectivity index (χ2n) is 7.71. The van der Waals surface area contributed by atoms with Crippen LogP contribution >= 0.6 is 0 Å². The normalized spacial score (nSPS) is 20.8. The van der Waals surface area contributed by atoms with E-state index < -0.39 is 11.6 Å². The molecule has 158 valence electrons. The number of carbonyl (C=O) groups is 1. The zero-order chi connectivity index (χ0) is 21.1. The quantitative estimate of drug-likeness (QED) is 0.743. The summed E-state index contributed by atoms with van der Waals surface area (Å²) in [5.74, 6) is -0.863. The minimum absolute atomic E-state index is 0.0658. The molecule has 1 saturated heterocycles. The zero-order valence-electron chi connectivity index (χ0n) is 17.1. The standard InChI is InChI=1S/C24H26F2N2O2/c1-2-22(24(29)27-10-12-30-13-11-27)28-16-18(20-15-19(25)8-9-21(20)26)14-23(28)17-6-4-3-5-7-17/h3-9,14-15,22-23H,2,10-13,16H2,1H3/t22?,23-/m0/s1. The van der Waals surface area contributed by atoms with Gasteiger partial charge in [-0.25, -0.2) is 8.78 Å². The van der Waals surface area contributed by atoms with Gasteiger partial charge in [0.15, 0.2) is 0 Å². The van der Waals surface area contributed by atoms with Gasteiger partial charge in [-0.15, -0.1) is 0 Å². The smallest absolute Gasteiger partial charge is 0.240 e. The molecular formula is C24H26F2N2O2. The fourth-order valence-electron chi connectivity index (χ4n) is 4.34. The Hall–Kier alpha value is -2.57. The molecule has 2 atom stereocenters. The van der Waals surface area contributed by atoms with Gasteiger partial charge >= 0.3 is 0 Å². The Balaban J connectivity index is 1.68. The molecule has 4 nitrogen and oxygen atoms in total. The molecule has 2 aliphatic rings. The Labute approximate surface area is 175 Å². The second kappa shape index (κ2) is 9.06. The number of benzene rings is 2. The molecule has 2 heterocycles. The average molecular weight is 412 g/mol. The third kappa shape index (κ3) is 4.16. The van der Waals surface area contributed by atoms with Crippen molar-refractivity contribution < 1.29 is 18.3 Å². The highest BCUT2D eigenvalue weighted by Gasteiger charge is 2.37. The third-order valence-corrected chi connectivity index (χ3v) is 5.88. The molecule has 4 rings (SSSR count). The Morgan fingerprint density at radius 3 is 2.57 bits per heavy atom. The maximum absolute atomic E-state index is 14.5. The van der Waals surface area contributed by atoms with E-state index in [1.165, 1.54) is 6.07 Å². The number of morpholine rings is 1. The summed E-state index contributed by atoms with van der Waals surface area (Å²) in [4.78, 5) is 17.3. The molecule has 6 heteroatoms. The van der Waals surface area contributed by atoms with E-state index in [1.54, 1.807) is 0 Å². The molecule has 2 aromatic rings. The van der Waals surface area contributed by atoms with Crippen molar-refractivity contribution in [2.75, 3.05) is 32.8 Å². The third-order valence-electron chi connectivity index (χ3n) is 5.88. The molecule has 1 fully saturated rings. The van der Waals surface area contributed by atoms with Crippen LogP contribution in [0.5, 0.6) is 0 Å². The van der Waals surface area contributed by atoms with E-state index >= 15 is 0 Å². The topological polar surface area (TPSA) is 32.8 Å². The highest BCUT2D eigenvalue weighted by atomic mass is 19.1. The Morgan fingerprint density at radius 2 is 1.87 bits per heavy atom. The summed E-state index contributed by atoms with van der Waals surface area (Å²) in [6.07, 6.45) is 2.59. The first-order valence-electron chi connectivity index (χ1n) is 10.4. The molecule has 0 aromatic heterocycles. The molecule has 30 heavy (non-hydrogen) atoms. The monoisotopic (exact) mass is 412 g/mol. The largest absolute Gasteiger partial charge is 0.378 e. The van der Waals surface area contributed by atoms with Crippen LogP contribution in [0.25, 0.3) is 5.57 Å². The van der Waals surface area contributed by atoms with Crippen LogP contribution in [-0.4, -0.2) is 54.6 Å². The van der Waals surface area contributed by atoms with Crippen LogP contribution in [0.2, 0.25) is 0 Å². The Bertz CT molecular complexity index is 926. The van der Waals surface area contributed by atoms with E-state index in [4.69, 9.17) is 4.74 Å². The SMILES string of the molecule is CCC(C(=O)N1CCOCC1)N1CC(c2cc(F)ccc2F)=C[C@H]1c1ccccc1. The molecule has 0 aliphatic carbocycles. The van der Waals surface area contributed by atoms with Gasteiger partial charge in [0.2, 0.25) is 5.91 Å². The first-order valence-corrected chi connectivity index (χ1v) is 10.4. The van der Waals surface area contributed by atoms with Gasteiger partial charge < -0.3 is 9.64 Å². The predicted octanol–water partition coefficient (Wildman–Crippen LogP) is 4.04. The first-order chi connectivity index (χ1) is 14.6. The van der Waals surface area contributed by atoms with Crippen molar-refractivity contribution >= 4 is 11.5 Å². The van der Waals surface area contributed by atoms with Gasteiger partial charge in [0.05, 0.1) is 25.3 Å². The number of halogens is 2. The molecule has 0 spiro atoms. The number of nitrogens with zero attached hydrogens (tertiary/aromatic N) is 2. The van der Waals surface area contributed by atoms with Gasteiger partial charge in [-0.2, -0.15) is 0 Å². The average Bonchev–Trinajstić information content (AvgIpc) is 3.22. The summed E-state index contributed by atoms with van der Waals surface area (Å²) >= 11 is 0. The number of amides is 1. The van der Waals surface area contributed by atoms with Crippen molar-refractivity contribution in [1.29, 1.82) is 0 Å². The van der Waals surface area contributed by atoms with Gasteiger partial charge in [0, 0.05) is 25.2 Å². The molecule has 0 N–H and O–H groups in total. The van der Waals surface area contributed by atoms with Crippen molar-refractivity contribution in [2.24, 2.45) is 0 Å². The molecule has 2 aliphatic heterocycles. The lowest BCUT2D eigenvalue weighted by Crippen LogP contribution is -2.51. The van der Waals surface area contributed by atoms with Crippen LogP contribution in [0.4, 0.5) is 8.78 Å². The molecule has 0 saturated carbocycles. The lowest BCUT2D eigenvalue weighted by molar-refractivity contribution is -0.141. The lowest BCUT2D eigenvalue weighted by Gasteiger charge is -2.37. The highest BCUT2D eigenvalue weighted by Crippen LogP contribution is 2.38. The molecule has 0 bridgehead atoms. The number of hydrogen-bond donors (Lipinski definition) is 0. The number of rotatable bonds is 5. The Morgan fingerprint density at radius 1 is 1.13 bits per heavy atom. The van der Waals surface area contributed by atoms with Gasteiger partial charge in [-0.05, 0) is 35.8 Å². The van der Waals surface area contributed by atoms with E-state index in [0.717, 1.165) is 17.7 Å². The Kier molecular flexibility index (Phi) is 6.25. The van der Waals surface area contributed by atoms with Crippen LogP contribution in [0.15, 0.2) is 54.6 Å². The molecule has 0 radical (unpaired) electrons. The fourth-order valence-corrected chi connectivity index (χ4v) is 4.34. The van der Waals surface area contributed by atoms with Crippen LogP contribution in [0, 0.1) is 11.6 Å². The van der Waals surface area contributed by atoms with Crippen LogP contribution < -0.4 is 0 Å². The first kappa shape index (κ1) is 20.7. The lowest BCUT2D eigenvalue weighted by atomic mass is 10.0. The summed E-state index contributed by atoms with van der Waals surface area (Å²) in [5.41, 5.74) is 1.98. The zero-order valence-corrected chi connectivity index (χ0v) is 17.1. The minimum atomic E-state index is -0.474. The van der Waals surface area contributed by atoms with Crippen LogP contribution in [0.3, 0.4) is 0 Å². The highest BCUT2D eigenvalue weighted by molar-refractivity contribution is 5.83. The van der Waals surface area contributed by atoms with Gasteiger partial charge in [-0.1, -0.05) is 43.3 Å². The summed E-state index contributed by atoms with van der Waals surface area (Å²) in [6.45, 7) is 4.63. The van der Waals surface area contributed by atoms with Gasteiger partial charge in [0.1, 0.15) is 11.6 Å². The summed E-state index contributed by atoms with van der Waals surface area (Å²) in [7, 11) is 0. The van der Waals surface area contributed by atoms with Gasteiger partial charge in [0.25, 0.3) is 0 Å². The molecule has 1 unspecified atom stereocenters. The van der Waals surface area contributed by atoms with Crippen molar-refractivity contribution in [3.8, 4) is 0 Å². The van der Waals surface area contributed by atoms with E-state index in [9.17, 15) is 13.6 Å². The second-order valence-corrected chi connectivity index (χ2v) is 7.71. The van der Waals surface area contributed by atoms with Crippen molar-refractivity contribution in [2.45, 2.75) is 25.4 Å². The molecular weight excluding hydrogens is 386 g/mol. The minimum Gasteiger partial charge on any atom is -0.378 e. The number of ether oxygens (including phenoxy) is 1. The van der Waals surface area contributed by atoms with Crippen LogP contribution in [-0.2, 0) is 9.53 Å². The number of hydrogen-bond acceptors (Lipinski definition) is 3. The van der Waals surface area contributed by atoms with E-state index in [-0.39, 0.29) is 23.6 Å². The van der Waals surface area contributed by atoms with Crippen molar-refractivity contribution in [3.63, 3.8) is 0 Å². The van der Waals surface area contributed by atoms with Crippen molar-refractivity contribution in [3.05, 3.63) is 77.4 Å². The van der Waals surface area contributed by atoms with E-state index in [0.29, 0.717) is 44.8 Å². The van der Waals surface area contributed by atoms with E-state index in [2.05, 4.69) is 4.90 Å². The maximum Gasteiger partial charge on any atom is 0.240 e. The van der Waals surface area contributed by atoms with Crippen LogP contribution in [0.1, 0.15) is 30.5 Å². The van der Waals surface area contributed by atoms with E-state index in [1.807, 2.05) is 48.2 Å². The molecule has 2 aromatic carbocycles. The maximum atomic E-state index is 14.5. The van der Waals surface area contributed by atoms with Crippen molar-refractivity contribution in [1.82, 2.24) is 9.80 Å². The summed E-state index contributed by atoms with van der Waals surface area (Å²) in [6, 6.07) is 12.8. The predicted molar refractivity (Wildman–Crippen MR) is 112 cm³/mol. The van der Waals surface area contributed by atoms with Gasteiger partial charge in [-0.3, -0.25) is 9.69 Å². The summed E-state index contributed by atoms with van der Waals surface area (Å²) in [5, 5.41) is 0. The molecule has 1 amide bonds. The number of carbonyl (C=O) groups excluding carboxylic acids is 1. The fraction of sp³-hybridized carbons (Fsp3) is 0.375.